The molecule has 27 nitrogen and oxygen atoms in total. The van der Waals surface area contributed by atoms with Gasteiger partial charge in [0.05, 0.1) is 92.5 Å². The van der Waals surface area contributed by atoms with Gasteiger partial charge in [0.2, 0.25) is 0 Å². The fraction of sp³-hybridized carbons (Fsp3) is 0.800. The number of unbranched alkanes of at least 4 members (excludes halogenated alkanes) is 24. The van der Waals surface area contributed by atoms with Crippen LogP contribution in [0.3, 0.4) is 0 Å². The van der Waals surface area contributed by atoms with Crippen LogP contribution >= 0.6 is 0 Å². The summed E-state index contributed by atoms with van der Waals surface area (Å²) < 4.78 is 0. The molecule has 0 unspecified atom stereocenters. The Morgan fingerprint density at radius 3 is 0.451 bits per heavy atom. The second-order valence-corrected chi connectivity index (χ2v) is 23.3. The topological polar surface area (TPSA) is 537 Å². The SMILES string of the molecule is CCCCC/C=C\C/C=C\CCCCCCCC(=O)O.CCCCC/C=C\C/C=C\CCCCCCCC(=O)O.CCCCC/C=C\C/C=C\CCCCCCCC(=O)O.OCC(O)CO.OCC(O)CO.OCC(O)CO.OCC(O)CO.OCC(O)CO.OCC(O)CO.OCC(O)CO. The number of rotatable bonds is 56. The van der Waals surface area contributed by atoms with Gasteiger partial charge in [0.15, 0.2) is 0 Å². The van der Waals surface area contributed by atoms with Crippen LogP contribution in [0.2, 0.25) is 0 Å². The van der Waals surface area contributed by atoms with Gasteiger partial charge in [0.1, 0.15) is 42.7 Å². The van der Waals surface area contributed by atoms with Crippen LogP contribution < -0.4 is 0 Å². The number of carboxylic acids is 3. The number of carbonyl (C=O) groups is 3. The van der Waals surface area contributed by atoms with Gasteiger partial charge in [0.25, 0.3) is 0 Å². The molecule has 24 N–H and O–H groups in total. The molecule has 614 valence electrons. The Balaban J connectivity index is -0.000000122. The molecule has 0 heterocycles. The zero-order valence-electron chi connectivity index (χ0n) is 62.8. The van der Waals surface area contributed by atoms with E-state index < -0.39 is 60.6 Å². The first-order valence-electron chi connectivity index (χ1n) is 36.8. The van der Waals surface area contributed by atoms with Gasteiger partial charge in [0, 0.05) is 19.3 Å². The van der Waals surface area contributed by atoms with Crippen molar-refractivity contribution in [1.82, 2.24) is 0 Å². The van der Waals surface area contributed by atoms with Gasteiger partial charge < -0.3 is 123 Å². The molecule has 0 aromatic rings. The van der Waals surface area contributed by atoms with Crippen molar-refractivity contribution in [2.24, 2.45) is 0 Å². The van der Waals surface area contributed by atoms with Crippen molar-refractivity contribution in [3.8, 4) is 0 Å². The van der Waals surface area contributed by atoms with Crippen molar-refractivity contribution in [1.29, 1.82) is 0 Å². The molecule has 0 bridgehead atoms. The first-order valence-corrected chi connectivity index (χ1v) is 36.8. The molecule has 0 amide bonds. The smallest absolute Gasteiger partial charge is 0.303 e. The molecule has 0 saturated carbocycles. The number of aliphatic hydroxyl groups excluding tert-OH is 21. The molecule has 0 aliphatic carbocycles. The molecule has 0 rings (SSSR count). The van der Waals surface area contributed by atoms with E-state index in [1.54, 1.807) is 0 Å². The van der Waals surface area contributed by atoms with Gasteiger partial charge in [-0.1, -0.05) is 190 Å². The molecule has 0 aromatic heterocycles. The van der Waals surface area contributed by atoms with E-state index in [2.05, 4.69) is 93.7 Å². The molecule has 0 saturated heterocycles. The first kappa shape index (κ1) is 119. The second-order valence-electron chi connectivity index (χ2n) is 23.3. The van der Waals surface area contributed by atoms with Crippen LogP contribution in [0.5, 0.6) is 0 Å². The molecule has 0 aliphatic heterocycles. The van der Waals surface area contributed by atoms with Crippen molar-refractivity contribution < 1.29 is 137 Å². The van der Waals surface area contributed by atoms with E-state index in [9.17, 15) is 14.4 Å². The summed E-state index contributed by atoms with van der Waals surface area (Å²) in [6.45, 7) is 1.60. The van der Waals surface area contributed by atoms with Gasteiger partial charge in [-0.2, -0.15) is 0 Å². The molecular formula is C75H152O27. The largest absolute Gasteiger partial charge is 0.481 e. The summed E-state index contributed by atoms with van der Waals surface area (Å²) in [6, 6.07) is 0. The number of aliphatic carboxylic acids is 3. The minimum atomic E-state index is -0.954. The number of allylic oxidation sites excluding steroid dienone is 12. The normalized spacial score (nSPS) is 11.0. The highest BCUT2D eigenvalue weighted by molar-refractivity contribution is 5.67. The highest BCUT2D eigenvalue weighted by Gasteiger charge is 2.01. The maximum absolute atomic E-state index is 10.3. The van der Waals surface area contributed by atoms with E-state index in [1.807, 2.05) is 0 Å². The maximum atomic E-state index is 10.3. The van der Waals surface area contributed by atoms with Gasteiger partial charge >= 0.3 is 17.9 Å². The molecule has 0 atom stereocenters. The van der Waals surface area contributed by atoms with Crippen LogP contribution in [0.4, 0.5) is 0 Å². The third kappa shape index (κ3) is 154. The van der Waals surface area contributed by atoms with Gasteiger partial charge in [-0.3, -0.25) is 14.4 Å². The highest BCUT2D eigenvalue weighted by atomic mass is 16.4. The van der Waals surface area contributed by atoms with E-state index in [0.29, 0.717) is 19.3 Å². The molecule has 0 aromatic carbocycles. The second kappa shape index (κ2) is 115. The molecular weight excluding hydrogens is 1330 g/mol. The van der Waals surface area contributed by atoms with Crippen LogP contribution in [0.15, 0.2) is 72.9 Å². The fourth-order valence-electron chi connectivity index (χ4n) is 6.67. The number of aliphatic hydroxyl groups is 21. The van der Waals surface area contributed by atoms with Crippen molar-refractivity contribution in [3.05, 3.63) is 72.9 Å². The standard InChI is InChI=1S/3C18H32O2.7C3H8O3/c3*1-2-3-4-5-6-7-8-9-10-11-12-13-14-15-16-17-18(19)20;7*4-1-3(6)2-5/h3*6-7,9-10H,2-5,8,11-17H2,1H3,(H,19,20);7*3-6H,1-2H2/b3*7-6-,10-9-;;;;;;;. The number of hydrogen-bond acceptors (Lipinski definition) is 24. The predicted molar refractivity (Wildman–Crippen MR) is 402 cm³/mol. The zero-order chi connectivity index (χ0) is 79.6. The quantitative estimate of drug-likeness (QED) is 0.0246. The Kier molecular flexibility index (Phi) is 135. The molecule has 0 fully saturated rings. The van der Waals surface area contributed by atoms with Crippen molar-refractivity contribution in [2.45, 2.75) is 295 Å². The van der Waals surface area contributed by atoms with Crippen LogP contribution in [0.25, 0.3) is 0 Å². The van der Waals surface area contributed by atoms with Crippen LogP contribution in [0.1, 0.15) is 252 Å². The van der Waals surface area contributed by atoms with Crippen molar-refractivity contribution >= 4 is 17.9 Å². The Morgan fingerprint density at radius 1 is 0.206 bits per heavy atom. The number of carboxylic acid groups (broad SMARTS) is 3. The summed E-state index contributed by atoms with van der Waals surface area (Å²) in [5, 5.41) is 194. The lowest BCUT2D eigenvalue weighted by atomic mass is 10.1. The zero-order valence-corrected chi connectivity index (χ0v) is 62.8. The summed E-state index contributed by atoms with van der Waals surface area (Å²) in [5.74, 6) is -2.01. The summed E-state index contributed by atoms with van der Waals surface area (Å²) in [7, 11) is 0. The lowest BCUT2D eigenvalue weighted by molar-refractivity contribution is -0.138. The summed E-state index contributed by atoms with van der Waals surface area (Å²) in [6.07, 6.45) is 60.2. The van der Waals surface area contributed by atoms with Gasteiger partial charge in [-0.25, -0.2) is 0 Å². The Labute approximate surface area is 612 Å². The van der Waals surface area contributed by atoms with E-state index >= 15 is 0 Å². The van der Waals surface area contributed by atoms with Gasteiger partial charge in [-0.15, -0.1) is 0 Å². The highest BCUT2D eigenvalue weighted by Crippen LogP contribution is 2.11. The lowest BCUT2D eigenvalue weighted by Crippen LogP contribution is -2.15. The fourth-order valence-corrected chi connectivity index (χ4v) is 6.67. The van der Waals surface area contributed by atoms with Crippen LogP contribution in [-0.2, 0) is 14.4 Å². The average Bonchev–Trinajstić information content (AvgIpc) is 3.70. The van der Waals surface area contributed by atoms with E-state index in [4.69, 9.17) is 123 Å². The van der Waals surface area contributed by atoms with Crippen molar-refractivity contribution in [3.63, 3.8) is 0 Å². The Morgan fingerprint density at radius 2 is 0.333 bits per heavy atom. The molecule has 102 heavy (non-hydrogen) atoms. The Hall–Kier alpha value is -3.99. The third-order valence-electron chi connectivity index (χ3n) is 13.0. The molecule has 27 heteroatoms. The lowest BCUT2D eigenvalue weighted by Gasteiger charge is -1.98. The summed E-state index contributed by atoms with van der Waals surface area (Å²) >= 11 is 0. The first-order chi connectivity index (χ1) is 49.0. The summed E-state index contributed by atoms with van der Waals surface area (Å²) in [4.78, 5) is 31.0. The van der Waals surface area contributed by atoms with Crippen LogP contribution in [0, 0.1) is 0 Å². The predicted octanol–water partition coefficient (Wildman–Crippen LogP) is 5.98. The number of hydrogen-bond donors (Lipinski definition) is 24. The van der Waals surface area contributed by atoms with Gasteiger partial charge in [-0.05, 0) is 116 Å². The average molecular weight is 1490 g/mol. The Bertz CT molecular complexity index is 1430. The maximum Gasteiger partial charge on any atom is 0.303 e. The minimum absolute atomic E-state index is 0.324. The van der Waals surface area contributed by atoms with E-state index in [-0.39, 0.29) is 92.5 Å². The monoisotopic (exact) mass is 1490 g/mol. The van der Waals surface area contributed by atoms with E-state index in [1.165, 1.54) is 135 Å². The van der Waals surface area contributed by atoms with Crippen molar-refractivity contribution in [2.75, 3.05) is 92.5 Å². The molecule has 0 radical (unpaired) electrons. The third-order valence-corrected chi connectivity index (χ3v) is 13.0. The van der Waals surface area contributed by atoms with Crippen LogP contribution in [-0.4, -0.2) is 276 Å². The minimum Gasteiger partial charge on any atom is -0.481 e. The molecule has 0 spiro atoms. The van der Waals surface area contributed by atoms with E-state index in [0.717, 1.165) is 77.0 Å². The molecule has 0 aliphatic rings. The summed E-state index contributed by atoms with van der Waals surface area (Å²) in [5.41, 5.74) is 0.